The number of aromatic nitrogens is 3. The van der Waals surface area contributed by atoms with Crippen molar-refractivity contribution < 1.29 is 9.59 Å². The molecule has 0 aliphatic carbocycles. The summed E-state index contributed by atoms with van der Waals surface area (Å²) in [5.41, 5.74) is 1.91. The second kappa shape index (κ2) is 8.04. The van der Waals surface area contributed by atoms with E-state index in [1.807, 2.05) is 13.0 Å². The Kier molecular flexibility index (Phi) is 6.06. The van der Waals surface area contributed by atoms with Crippen LogP contribution >= 0.6 is 0 Å². The lowest BCUT2D eigenvalue weighted by Crippen LogP contribution is -2.39. The number of aldehydes is 1. The molecule has 0 saturated carbocycles. The number of aryl methyl sites for hydroxylation is 2. The fourth-order valence-corrected chi connectivity index (χ4v) is 2.92. The Morgan fingerprint density at radius 3 is 2.83 bits per heavy atom. The van der Waals surface area contributed by atoms with Gasteiger partial charge in [-0.25, -0.2) is 4.98 Å². The van der Waals surface area contributed by atoms with Crippen molar-refractivity contribution in [3.63, 3.8) is 0 Å². The van der Waals surface area contributed by atoms with Gasteiger partial charge in [0.05, 0.1) is 17.8 Å². The molecule has 0 unspecified atom stereocenters. The molecule has 0 aromatic carbocycles. The third-order valence-corrected chi connectivity index (χ3v) is 4.27. The van der Waals surface area contributed by atoms with E-state index in [2.05, 4.69) is 28.4 Å². The first-order valence-corrected chi connectivity index (χ1v) is 8.41. The minimum atomic E-state index is -0.334. The highest BCUT2D eigenvalue weighted by Crippen LogP contribution is 2.16. The Morgan fingerprint density at radius 2 is 2.17 bits per heavy atom. The van der Waals surface area contributed by atoms with Crippen LogP contribution in [0.15, 0.2) is 18.5 Å². The Balaban J connectivity index is 1.94. The summed E-state index contributed by atoms with van der Waals surface area (Å²) in [6.45, 7) is 6.79. The molecule has 0 spiro atoms. The van der Waals surface area contributed by atoms with E-state index in [4.69, 9.17) is 0 Å². The summed E-state index contributed by atoms with van der Waals surface area (Å²) in [4.78, 5) is 33.7. The Hall–Kier alpha value is -2.24. The predicted octanol–water partition coefficient (Wildman–Crippen LogP) is 2.59. The molecule has 0 radical (unpaired) electrons. The number of rotatable bonds is 8. The van der Waals surface area contributed by atoms with Gasteiger partial charge in [0.15, 0.2) is 0 Å². The third kappa shape index (κ3) is 4.19. The molecule has 0 aliphatic heterocycles. The number of nitrogens with zero attached hydrogens (tertiary/aromatic N) is 4. The van der Waals surface area contributed by atoms with Crippen LogP contribution in [0.4, 0.5) is 0 Å². The van der Waals surface area contributed by atoms with Gasteiger partial charge in [0.25, 0.3) is 0 Å². The zero-order valence-electron chi connectivity index (χ0n) is 14.9. The summed E-state index contributed by atoms with van der Waals surface area (Å²) < 4.78 is 2.11. The van der Waals surface area contributed by atoms with Gasteiger partial charge in [-0.2, -0.15) is 0 Å². The average molecular weight is 330 g/mol. The van der Waals surface area contributed by atoms with Crippen LogP contribution in [0.2, 0.25) is 0 Å². The van der Waals surface area contributed by atoms with E-state index < -0.39 is 0 Å². The van der Waals surface area contributed by atoms with Crippen molar-refractivity contribution in [2.75, 3.05) is 7.05 Å². The van der Waals surface area contributed by atoms with E-state index in [9.17, 15) is 9.59 Å². The van der Waals surface area contributed by atoms with Gasteiger partial charge in [-0.05, 0) is 31.7 Å². The van der Waals surface area contributed by atoms with Crippen LogP contribution in [-0.4, -0.2) is 44.7 Å². The highest BCUT2D eigenvalue weighted by molar-refractivity contribution is 5.79. The molecular weight excluding hydrogens is 304 g/mol. The fourth-order valence-electron chi connectivity index (χ4n) is 2.92. The number of hydrogen-bond acceptors (Lipinski definition) is 4. The van der Waals surface area contributed by atoms with E-state index in [0.717, 1.165) is 29.7 Å². The van der Waals surface area contributed by atoms with E-state index >= 15 is 0 Å². The van der Waals surface area contributed by atoms with Crippen molar-refractivity contribution in [1.29, 1.82) is 0 Å². The molecule has 6 nitrogen and oxygen atoms in total. The van der Waals surface area contributed by atoms with Crippen molar-refractivity contribution in [3.8, 4) is 0 Å². The van der Waals surface area contributed by atoms with Crippen LogP contribution in [0.1, 0.15) is 38.9 Å². The fraction of sp³-hybridized carbons (Fsp3) is 0.556. The minimum absolute atomic E-state index is 0.0106. The van der Waals surface area contributed by atoms with Crippen LogP contribution in [0.3, 0.4) is 0 Å². The van der Waals surface area contributed by atoms with E-state index in [1.165, 1.54) is 0 Å². The molecule has 2 heterocycles. The molecule has 0 fully saturated rings. The molecule has 130 valence electrons. The lowest BCUT2D eigenvalue weighted by molar-refractivity contribution is -0.135. The van der Waals surface area contributed by atoms with Gasteiger partial charge in [0, 0.05) is 26.2 Å². The molecule has 2 aromatic heterocycles. The summed E-state index contributed by atoms with van der Waals surface area (Å²) in [5, 5.41) is 0. The monoisotopic (exact) mass is 330 g/mol. The lowest BCUT2D eigenvalue weighted by Gasteiger charge is -2.25. The largest absolute Gasteiger partial charge is 0.336 e. The summed E-state index contributed by atoms with van der Waals surface area (Å²) in [5.74, 6) is 1.31. The molecule has 24 heavy (non-hydrogen) atoms. The van der Waals surface area contributed by atoms with Crippen LogP contribution in [0, 0.1) is 12.8 Å². The van der Waals surface area contributed by atoms with E-state index in [1.54, 1.807) is 24.3 Å². The zero-order chi connectivity index (χ0) is 17.7. The highest BCUT2D eigenvalue weighted by atomic mass is 16.2. The maximum Gasteiger partial charge on any atom is 0.222 e. The van der Waals surface area contributed by atoms with E-state index in [-0.39, 0.29) is 11.9 Å². The Bertz CT molecular complexity index is 708. The first kappa shape index (κ1) is 18.1. The molecule has 0 N–H and O–H groups in total. The molecule has 1 atom stereocenters. The van der Waals surface area contributed by atoms with Crippen LogP contribution in [0.25, 0.3) is 11.0 Å². The van der Waals surface area contributed by atoms with Gasteiger partial charge < -0.3 is 14.3 Å². The number of hydrogen-bond donors (Lipinski definition) is 0. The highest BCUT2D eigenvalue weighted by Gasteiger charge is 2.20. The van der Waals surface area contributed by atoms with Gasteiger partial charge >= 0.3 is 0 Å². The molecule has 0 aliphatic rings. The second-order valence-corrected chi connectivity index (χ2v) is 6.62. The minimum Gasteiger partial charge on any atom is -0.336 e. The summed E-state index contributed by atoms with van der Waals surface area (Å²) in [6.07, 6.45) is 6.20. The van der Waals surface area contributed by atoms with Gasteiger partial charge in [0.2, 0.25) is 5.91 Å². The van der Waals surface area contributed by atoms with Crippen molar-refractivity contribution in [1.82, 2.24) is 19.4 Å². The number of pyridine rings is 1. The number of likely N-dealkylation sites (N-methyl/N-ethyl adjacent to an activating group) is 1. The van der Waals surface area contributed by atoms with E-state index in [0.29, 0.717) is 25.2 Å². The Labute approximate surface area is 142 Å². The number of fused-ring (bicyclic) bond motifs is 1. The lowest BCUT2D eigenvalue weighted by atomic mass is 10.0. The van der Waals surface area contributed by atoms with Gasteiger partial charge in [-0.1, -0.05) is 13.8 Å². The molecule has 2 rings (SSSR count). The first-order chi connectivity index (χ1) is 11.4. The standard InChI is InChI=1S/C18H26N4O2/c1-13(2)10-15(12-23)21(4)18(24)6-5-9-22-14(3)20-16-11-19-8-7-17(16)22/h7-8,11-13,15H,5-6,9-10H2,1-4H3/t15-/m0/s1. The molecular formula is C18H26N4O2. The average Bonchev–Trinajstić information content (AvgIpc) is 2.87. The molecule has 1 amide bonds. The van der Waals surface area contributed by atoms with Crippen molar-refractivity contribution in [2.45, 2.75) is 52.6 Å². The summed E-state index contributed by atoms with van der Waals surface area (Å²) >= 11 is 0. The SMILES string of the molecule is Cc1nc2cnccc2n1CCCC(=O)N(C)[C@H](C=O)CC(C)C. The molecule has 0 bridgehead atoms. The summed E-state index contributed by atoms with van der Waals surface area (Å²) in [6, 6.07) is 1.60. The summed E-state index contributed by atoms with van der Waals surface area (Å²) in [7, 11) is 1.72. The first-order valence-electron chi connectivity index (χ1n) is 8.41. The molecule has 6 heteroatoms. The molecule has 2 aromatic rings. The van der Waals surface area contributed by atoms with Gasteiger partial charge in [-0.3, -0.25) is 9.78 Å². The number of amides is 1. The predicted molar refractivity (Wildman–Crippen MR) is 93.6 cm³/mol. The smallest absolute Gasteiger partial charge is 0.222 e. The Morgan fingerprint density at radius 1 is 1.42 bits per heavy atom. The van der Waals surface area contributed by atoms with Gasteiger partial charge in [-0.15, -0.1) is 0 Å². The van der Waals surface area contributed by atoms with Crippen LogP contribution in [-0.2, 0) is 16.1 Å². The number of carbonyl (C=O) groups excluding carboxylic acids is 2. The van der Waals surface area contributed by atoms with Crippen molar-refractivity contribution >= 4 is 23.2 Å². The van der Waals surface area contributed by atoms with Crippen molar-refractivity contribution in [2.24, 2.45) is 5.92 Å². The quantitative estimate of drug-likeness (QED) is 0.698. The topological polar surface area (TPSA) is 68.1 Å². The maximum absolute atomic E-state index is 12.3. The number of imidazole rings is 1. The van der Waals surface area contributed by atoms with Gasteiger partial charge in [0.1, 0.15) is 17.6 Å². The van der Waals surface area contributed by atoms with Crippen molar-refractivity contribution in [3.05, 3.63) is 24.3 Å². The van der Waals surface area contributed by atoms with Crippen LogP contribution < -0.4 is 0 Å². The maximum atomic E-state index is 12.3. The zero-order valence-corrected chi connectivity index (χ0v) is 14.9. The van der Waals surface area contributed by atoms with Crippen LogP contribution in [0.5, 0.6) is 0 Å². The molecule has 0 saturated heterocycles. The second-order valence-electron chi connectivity index (χ2n) is 6.62. The third-order valence-electron chi connectivity index (χ3n) is 4.27. The normalized spacial score (nSPS) is 12.5. The number of carbonyl (C=O) groups is 2.